The topological polar surface area (TPSA) is 65.5 Å². The number of amides is 1. The zero-order chi connectivity index (χ0) is 17.4. The molecule has 1 amide bonds. The first-order valence-corrected chi connectivity index (χ1v) is 8.89. The van der Waals surface area contributed by atoms with Crippen molar-refractivity contribution in [2.75, 3.05) is 20.1 Å². The summed E-state index contributed by atoms with van der Waals surface area (Å²) in [5, 5.41) is 9.63. The summed E-state index contributed by atoms with van der Waals surface area (Å²) in [6.07, 6.45) is 3.66. The fourth-order valence-corrected chi connectivity index (χ4v) is 2.55. The monoisotopic (exact) mass is 330 g/mol. The molecule has 1 aromatic rings. The van der Waals surface area contributed by atoms with Crippen molar-refractivity contribution >= 4 is 11.9 Å². The number of aryl methyl sites for hydroxylation is 1. The fourth-order valence-electron chi connectivity index (χ4n) is 2.55. The first kappa shape index (κ1) is 18.3. The first-order valence-electron chi connectivity index (χ1n) is 8.89. The van der Waals surface area contributed by atoms with Gasteiger partial charge in [-0.15, -0.1) is 0 Å². The van der Waals surface area contributed by atoms with Crippen LogP contribution >= 0.6 is 0 Å². The van der Waals surface area contributed by atoms with E-state index >= 15 is 0 Å². The van der Waals surface area contributed by atoms with E-state index in [2.05, 4.69) is 59.1 Å². The quantitative estimate of drug-likeness (QED) is 0.389. The Morgan fingerprint density at radius 1 is 1.33 bits per heavy atom. The van der Waals surface area contributed by atoms with Gasteiger partial charge < -0.3 is 16.0 Å². The molecule has 1 atom stereocenters. The molecule has 1 unspecified atom stereocenters. The van der Waals surface area contributed by atoms with Crippen molar-refractivity contribution in [3.63, 3.8) is 0 Å². The molecule has 0 spiro atoms. The van der Waals surface area contributed by atoms with E-state index in [1.54, 1.807) is 7.05 Å². The lowest BCUT2D eigenvalue weighted by atomic mass is 9.99. The third-order valence-electron chi connectivity index (χ3n) is 4.23. The molecule has 1 saturated carbocycles. The number of hydrogen-bond acceptors (Lipinski definition) is 2. The van der Waals surface area contributed by atoms with Gasteiger partial charge in [-0.3, -0.25) is 9.79 Å². The number of carbonyl (C=O) groups is 1. The van der Waals surface area contributed by atoms with Crippen molar-refractivity contribution in [2.45, 2.75) is 51.5 Å². The van der Waals surface area contributed by atoms with Crippen molar-refractivity contribution in [1.29, 1.82) is 0 Å². The van der Waals surface area contributed by atoms with Gasteiger partial charge in [0.05, 0.1) is 0 Å². The molecule has 0 aromatic heterocycles. The summed E-state index contributed by atoms with van der Waals surface area (Å²) >= 11 is 0. The Balaban J connectivity index is 1.63. The minimum Gasteiger partial charge on any atom is -0.356 e. The van der Waals surface area contributed by atoms with E-state index in [1.807, 2.05) is 0 Å². The van der Waals surface area contributed by atoms with Crippen molar-refractivity contribution in [3.05, 3.63) is 35.4 Å². The van der Waals surface area contributed by atoms with Crippen molar-refractivity contribution in [1.82, 2.24) is 16.0 Å². The highest BCUT2D eigenvalue weighted by molar-refractivity contribution is 5.80. The number of rotatable bonds is 8. The number of guanidine groups is 1. The van der Waals surface area contributed by atoms with Gasteiger partial charge in [0.25, 0.3) is 0 Å². The second kappa shape index (κ2) is 9.30. The third kappa shape index (κ3) is 6.60. The molecule has 1 aliphatic carbocycles. The zero-order valence-corrected chi connectivity index (χ0v) is 15.1. The molecule has 2 rings (SSSR count). The summed E-state index contributed by atoms with van der Waals surface area (Å²) in [7, 11) is 1.77. The predicted octanol–water partition coefficient (Wildman–Crippen LogP) is 2.32. The van der Waals surface area contributed by atoms with Crippen LogP contribution in [0, 0.1) is 6.92 Å². The summed E-state index contributed by atoms with van der Waals surface area (Å²) in [5.41, 5.74) is 2.61. The molecule has 0 aliphatic heterocycles. The van der Waals surface area contributed by atoms with E-state index in [4.69, 9.17) is 0 Å². The van der Waals surface area contributed by atoms with Gasteiger partial charge in [-0.05, 0) is 37.7 Å². The Labute approximate surface area is 145 Å². The Hall–Kier alpha value is -2.04. The summed E-state index contributed by atoms with van der Waals surface area (Å²) in [5.74, 6) is 1.36. The number of benzene rings is 1. The van der Waals surface area contributed by atoms with Crippen LogP contribution in [0.2, 0.25) is 0 Å². The molecular formula is C19H30N4O. The summed E-state index contributed by atoms with van der Waals surface area (Å²) < 4.78 is 0. The van der Waals surface area contributed by atoms with Crippen LogP contribution in [0.5, 0.6) is 0 Å². The van der Waals surface area contributed by atoms with Gasteiger partial charge in [0.2, 0.25) is 5.91 Å². The molecule has 3 N–H and O–H groups in total. The number of aliphatic imine (C=N–C) groups is 1. The lowest BCUT2D eigenvalue weighted by Crippen LogP contribution is -2.39. The van der Waals surface area contributed by atoms with Gasteiger partial charge in [0.15, 0.2) is 5.96 Å². The van der Waals surface area contributed by atoms with Crippen LogP contribution in [0.1, 0.15) is 49.7 Å². The first-order chi connectivity index (χ1) is 11.6. The number of nitrogens with zero attached hydrogens (tertiary/aromatic N) is 1. The molecule has 5 nitrogen and oxygen atoms in total. The average molecular weight is 330 g/mol. The molecule has 24 heavy (non-hydrogen) atoms. The third-order valence-corrected chi connectivity index (χ3v) is 4.23. The number of hydrogen-bond donors (Lipinski definition) is 3. The molecule has 1 fully saturated rings. The molecule has 0 radical (unpaired) electrons. The number of nitrogens with one attached hydrogen (secondary N) is 3. The van der Waals surface area contributed by atoms with Crippen LogP contribution in [-0.2, 0) is 4.79 Å². The molecule has 0 heterocycles. The van der Waals surface area contributed by atoms with Crippen LogP contribution in [0.15, 0.2) is 29.3 Å². The van der Waals surface area contributed by atoms with E-state index in [0.29, 0.717) is 18.4 Å². The summed E-state index contributed by atoms with van der Waals surface area (Å²) in [4.78, 5) is 15.9. The molecule has 132 valence electrons. The Morgan fingerprint density at radius 3 is 2.79 bits per heavy atom. The predicted molar refractivity (Wildman–Crippen MR) is 99.4 cm³/mol. The SMILES string of the molecule is CN=C(NCCCC(=O)NC1CC1)NCC(C)c1cccc(C)c1. The van der Waals surface area contributed by atoms with Gasteiger partial charge >= 0.3 is 0 Å². The van der Waals surface area contributed by atoms with Crippen LogP contribution in [-0.4, -0.2) is 38.0 Å². The molecule has 0 bridgehead atoms. The van der Waals surface area contributed by atoms with E-state index < -0.39 is 0 Å². The standard InChI is InChI=1S/C19H30N4O/c1-14-6-4-7-16(12-14)15(2)13-22-19(20-3)21-11-5-8-18(24)23-17-9-10-17/h4,6-7,12,15,17H,5,8-11,13H2,1-3H3,(H,23,24)(H2,20,21,22). The maximum absolute atomic E-state index is 11.6. The van der Waals surface area contributed by atoms with E-state index in [9.17, 15) is 4.79 Å². The van der Waals surface area contributed by atoms with Gasteiger partial charge in [-0.1, -0.05) is 36.8 Å². The lowest BCUT2D eigenvalue weighted by Gasteiger charge is -2.16. The second-order valence-electron chi connectivity index (χ2n) is 6.64. The molecule has 1 aliphatic rings. The largest absolute Gasteiger partial charge is 0.356 e. The van der Waals surface area contributed by atoms with Gasteiger partial charge in [-0.2, -0.15) is 0 Å². The molecule has 5 heteroatoms. The van der Waals surface area contributed by atoms with Gasteiger partial charge in [-0.25, -0.2) is 0 Å². The summed E-state index contributed by atoms with van der Waals surface area (Å²) in [6, 6.07) is 9.04. The zero-order valence-electron chi connectivity index (χ0n) is 15.1. The van der Waals surface area contributed by atoms with Crippen LogP contribution < -0.4 is 16.0 Å². The van der Waals surface area contributed by atoms with Crippen LogP contribution in [0.25, 0.3) is 0 Å². The van der Waals surface area contributed by atoms with Crippen molar-refractivity contribution in [2.24, 2.45) is 4.99 Å². The normalized spacial score (nSPS) is 15.7. The van der Waals surface area contributed by atoms with Crippen LogP contribution in [0.4, 0.5) is 0 Å². The van der Waals surface area contributed by atoms with Crippen molar-refractivity contribution in [3.8, 4) is 0 Å². The minimum absolute atomic E-state index is 0.162. The van der Waals surface area contributed by atoms with Crippen molar-refractivity contribution < 1.29 is 4.79 Å². The Bertz CT molecular complexity index is 566. The fraction of sp³-hybridized carbons (Fsp3) is 0.579. The maximum Gasteiger partial charge on any atom is 0.220 e. The summed E-state index contributed by atoms with van der Waals surface area (Å²) in [6.45, 7) is 5.89. The van der Waals surface area contributed by atoms with Crippen LogP contribution in [0.3, 0.4) is 0 Å². The van der Waals surface area contributed by atoms with Gasteiger partial charge in [0, 0.05) is 32.6 Å². The highest BCUT2D eigenvalue weighted by Gasteiger charge is 2.22. The lowest BCUT2D eigenvalue weighted by molar-refractivity contribution is -0.121. The highest BCUT2D eigenvalue weighted by atomic mass is 16.1. The van der Waals surface area contributed by atoms with E-state index in [-0.39, 0.29) is 5.91 Å². The average Bonchev–Trinajstić information content (AvgIpc) is 3.37. The minimum atomic E-state index is 0.162. The Morgan fingerprint density at radius 2 is 2.12 bits per heavy atom. The Kier molecular flexibility index (Phi) is 7.09. The molecule has 0 saturated heterocycles. The second-order valence-corrected chi connectivity index (χ2v) is 6.64. The number of carbonyl (C=O) groups excluding carboxylic acids is 1. The molecule has 1 aromatic carbocycles. The van der Waals surface area contributed by atoms with E-state index in [0.717, 1.165) is 38.3 Å². The highest BCUT2D eigenvalue weighted by Crippen LogP contribution is 2.18. The smallest absolute Gasteiger partial charge is 0.220 e. The maximum atomic E-state index is 11.6. The van der Waals surface area contributed by atoms with E-state index in [1.165, 1.54) is 11.1 Å². The molecular weight excluding hydrogens is 300 g/mol. The van der Waals surface area contributed by atoms with Gasteiger partial charge in [0.1, 0.15) is 0 Å².